The first-order valence-corrected chi connectivity index (χ1v) is 13.5. The molecule has 1 heteroatoms. The Balaban J connectivity index is 1.52. The molecule has 4 rings (SSSR count). The van der Waals surface area contributed by atoms with Gasteiger partial charge in [0.05, 0.1) is 0 Å². The van der Waals surface area contributed by atoms with Crippen molar-refractivity contribution in [2.24, 2.45) is 45.8 Å². The summed E-state index contributed by atoms with van der Waals surface area (Å²) < 4.78 is 0. The van der Waals surface area contributed by atoms with Crippen LogP contribution in [0.2, 0.25) is 0 Å². The minimum atomic E-state index is 0.352. The second kappa shape index (κ2) is 8.24. The lowest BCUT2D eigenvalue weighted by Crippen LogP contribution is -2.48. The predicted octanol–water partition coefficient (Wildman–Crippen LogP) is 8.17. The molecule has 2 saturated carbocycles. The summed E-state index contributed by atoms with van der Waals surface area (Å²) in [4.78, 5) is 0. The van der Waals surface area contributed by atoms with Crippen molar-refractivity contribution in [1.29, 1.82) is 0 Å². The number of allylic oxidation sites excluding steroid dienone is 2. The molecule has 0 bridgehead atoms. The van der Waals surface area contributed by atoms with E-state index in [4.69, 9.17) is 0 Å². The first-order valence-electron chi connectivity index (χ1n) is 13.5. The number of hydrogen-bond donors (Lipinski definition) is 1. The Morgan fingerprint density at radius 1 is 0.933 bits per heavy atom. The Bertz CT molecular complexity index is 659. The molecule has 7 atom stereocenters. The lowest BCUT2D eigenvalue weighted by molar-refractivity contribution is -0.00396. The van der Waals surface area contributed by atoms with Gasteiger partial charge in [-0.05, 0) is 104 Å². The molecule has 0 spiro atoms. The van der Waals surface area contributed by atoms with E-state index in [1.54, 1.807) is 0 Å². The van der Waals surface area contributed by atoms with E-state index in [2.05, 4.69) is 41.5 Å². The van der Waals surface area contributed by atoms with Gasteiger partial charge in [0.25, 0.3) is 0 Å². The van der Waals surface area contributed by atoms with Crippen molar-refractivity contribution < 1.29 is 5.11 Å². The predicted molar refractivity (Wildman–Crippen MR) is 128 cm³/mol. The molecule has 2 unspecified atom stereocenters. The fraction of sp³-hybridized carbons (Fsp3) is 0.931. The van der Waals surface area contributed by atoms with Gasteiger partial charge in [0.2, 0.25) is 0 Å². The number of fused-ring (bicyclic) bond motifs is 4. The van der Waals surface area contributed by atoms with Crippen LogP contribution in [0.3, 0.4) is 0 Å². The van der Waals surface area contributed by atoms with Crippen LogP contribution in [0.5, 0.6) is 0 Å². The fourth-order valence-corrected chi connectivity index (χ4v) is 9.45. The van der Waals surface area contributed by atoms with Crippen molar-refractivity contribution in [2.75, 3.05) is 6.61 Å². The van der Waals surface area contributed by atoms with E-state index in [0.717, 1.165) is 23.7 Å². The van der Waals surface area contributed by atoms with Gasteiger partial charge in [-0.15, -0.1) is 0 Å². The third kappa shape index (κ3) is 3.64. The summed E-state index contributed by atoms with van der Waals surface area (Å²) >= 11 is 0. The molecule has 1 nitrogen and oxygen atoms in total. The van der Waals surface area contributed by atoms with E-state index >= 15 is 0 Å². The molecule has 2 fully saturated rings. The van der Waals surface area contributed by atoms with Crippen LogP contribution in [0.15, 0.2) is 11.1 Å². The van der Waals surface area contributed by atoms with E-state index in [1.165, 1.54) is 77.0 Å². The summed E-state index contributed by atoms with van der Waals surface area (Å²) in [5.74, 6) is 4.02. The molecule has 0 radical (unpaired) electrons. The number of aliphatic hydroxyl groups is 1. The van der Waals surface area contributed by atoms with E-state index in [-0.39, 0.29) is 0 Å². The molecule has 4 aliphatic carbocycles. The van der Waals surface area contributed by atoms with Crippen molar-refractivity contribution >= 4 is 0 Å². The van der Waals surface area contributed by atoms with Crippen molar-refractivity contribution in [1.82, 2.24) is 0 Å². The maximum Gasteiger partial charge on any atom is 0.0456 e. The van der Waals surface area contributed by atoms with Gasteiger partial charge < -0.3 is 5.11 Å². The lowest BCUT2D eigenvalue weighted by atomic mass is 9.46. The smallest absolute Gasteiger partial charge is 0.0456 e. The van der Waals surface area contributed by atoms with Gasteiger partial charge in [-0.2, -0.15) is 0 Å². The van der Waals surface area contributed by atoms with Crippen LogP contribution in [-0.2, 0) is 0 Å². The molecule has 0 amide bonds. The van der Waals surface area contributed by atoms with Gasteiger partial charge in [0.15, 0.2) is 0 Å². The third-order valence-electron chi connectivity index (χ3n) is 11.1. The summed E-state index contributed by atoms with van der Waals surface area (Å²) in [6.45, 7) is 15.6. The lowest BCUT2D eigenvalue weighted by Gasteiger charge is -2.58. The van der Waals surface area contributed by atoms with Crippen molar-refractivity contribution in [2.45, 2.75) is 119 Å². The highest BCUT2D eigenvalue weighted by molar-refractivity contribution is 5.35. The molecule has 1 N–H and O–H groups in total. The third-order valence-corrected chi connectivity index (χ3v) is 11.1. The van der Waals surface area contributed by atoms with E-state index in [1.807, 2.05) is 11.1 Å². The average Bonchev–Trinajstić information content (AvgIpc) is 3.04. The summed E-state index contributed by atoms with van der Waals surface area (Å²) in [6.07, 6.45) is 16.8. The first-order chi connectivity index (χ1) is 14.1. The summed E-state index contributed by atoms with van der Waals surface area (Å²) in [7, 11) is 0. The zero-order valence-corrected chi connectivity index (χ0v) is 21.0. The van der Waals surface area contributed by atoms with Gasteiger partial charge in [-0.3, -0.25) is 0 Å². The maximum absolute atomic E-state index is 9.35. The summed E-state index contributed by atoms with van der Waals surface area (Å²) in [5.41, 5.74) is 5.50. The van der Waals surface area contributed by atoms with Crippen LogP contribution in [0.1, 0.15) is 119 Å². The van der Waals surface area contributed by atoms with Gasteiger partial charge in [-0.25, -0.2) is 0 Å². The Hall–Kier alpha value is -0.300. The Kier molecular flexibility index (Phi) is 6.28. The summed E-state index contributed by atoms with van der Waals surface area (Å²) in [6, 6.07) is 0. The number of rotatable bonds is 6. The van der Waals surface area contributed by atoms with Gasteiger partial charge in [0.1, 0.15) is 0 Å². The molecule has 4 aliphatic rings. The van der Waals surface area contributed by atoms with Crippen LogP contribution < -0.4 is 0 Å². The second-order valence-corrected chi connectivity index (χ2v) is 13.3. The van der Waals surface area contributed by atoms with Gasteiger partial charge >= 0.3 is 0 Å². The zero-order chi connectivity index (χ0) is 21.7. The topological polar surface area (TPSA) is 20.2 Å². The molecular formula is C29H50O. The molecule has 0 saturated heterocycles. The second-order valence-electron chi connectivity index (χ2n) is 13.3. The van der Waals surface area contributed by atoms with Crippen LogP contribution in [0, 0.1) is 45.8 Å². The van der Waals surface area contributed by atoms with E-state index in [0.29, 0.717) is 28.8 Å². The molecule has 172 valence electrons. The SMILES string of the molecule is CC(CO)CCC[C@@H](C)[C@H]1CC[C@H]2C3=C(CC[C@]12C)[C@@]1(C)CCCC(C)(C)C1CC3. The molecule has 0 heterocycles. The van der Waals surface area contributed by atoms with Gasteiger partial charge in [-0.1, -0.05) is 72.0 Å². The van der Waals surface area contributed by atoms with E-state index in [9.17, 15) is 5.11 Å². The first kappa shape index (κ1) is 22.9. The molecule has 30 heavy (non-hydrogen) atoms. The fourth-order valence-electron chi connectivity index (χ4n) is 9.45. The summed E-state index contributed by atoms with van der Waals surface area (Å²) in [5, 5.41) is 9.35. The van der Waals surface area contributed by atoms with Crippen molar-refractivity contribution in [3.05, 3.63) is 11.1 Å². The minimum absolute atomic E-state index is 0.352. The van der Waals surface area contributed by atoms with Crippen LogP contribution in [0.4, 0.5) is 0 Å². The highest BCUT2D eigenvalue weighted by Crippen LogP contribution is 2.68. The zero-order valence-electron chi connectivity index (χ0n) is 21.0. The number of hydrogen-bond acceptors (Lipinski definition) is 1. The highest BCUT2D eigenvalue weighted by atomic mass is 16.3. The monoisotopic (exact) mass is 414 g/mol. The van der Waals surface area contributed by atoms with Crippen LogP contribution >= 0.6 is 0 Å². The van der Waals surface area contributed by atoms with E-state index < -0.39 is 0 Å². The van der Waals surface area contributed by atoms with Crippen molar-refractivity contribution in [3.63, 3.8) is 0 Å². The minimum Gasteiger partial charge on any atom is -0.396 e. The number of aliphatic hydroxyl groups excluding tert-OH is 1. The largest absolute Gasteiger partial charge is 0.396 e. The average molecular weight is 415 g/mol. The van der Waals surface area contributed by atoms with Gasteiger partial charge in [0, 0.05) is 6.61 Å². The molecule has 0 aromatic rings. The Morgan fingerprint density at radius 2 is 1.70 bits per heavy atom. The standard InChI is InChI=1S/C29H50O/c1-20(19-30)9-7-10-21(2)23-12-13-24-22-11-14-26-27(3,4)16-8-17-29(26,6)25(22)15-18-28(23,24)5/h20-21,23-24,26,30H,7-19H2,1-6H3/t20?,21-,23-,24+,26?,28-,29-/m1/s1. The molecule has 0 aromatic carbocycles. The maximum atomic E-state index is 9.35. The molecular weight excluding hydrogens is 364 g/mol. The normalized spacial score (nSPS) is 42.3. The molecule has 0 aliphatic heterocycles. The Morgan fingerprint density at radius 3 is 2.43 bits per heavy atom. The highest BCUT2D eigenvalue weighted by Gasteiger charge is 2.57. The van der Waals surface area contributed by atoms with Crippen molar-refractivity contribution in [3.8, 4) is 0 Å². The van der Waals surface area contributed by atoms with Crippen LogP contribution in [0.25, 0.3) is 0 Å². The molecule has 0 aromatic heterocycles. The Labute approximate surface area is 187 Å². The quantitative estimate of drug-likeness (QED) is 0.434. The van der Waals surface area contributed by atoms with Crippen LogP contribution in [-0.4, -0.2) is 11.7 Å².